The van der Waals surface area contributed by atoms with Crippen LogP contribution in [0, 0.1) is 12.3 Å². The third-order valence-electron chi connectivity index (χ3n) is 2.84. The third kappa shape index (κ3) is 2.02. The van der Waals surface area contributed by atoms with E-state index in [-0.39, 0.29) is 12.4 Å². The van der Waals surface area contributed by atoms with Crippen molar-refractivity contribution in [2.75, 3.05) is 12.3 Å². The Morgan fingerprint density at radius 2 is 2.59 bits per heavy atom. The van der Waals surface area contributed by atoms with Gasteiger partial charge in [0.15, 0.2) is 5.60 Å². The van der Waals surface area contributed by atoms with Crippen LogP contribution in [0.5, 0.6) is 0 Å². The number of rotatable bonds is 2. The second kappa shape index (κ2) is 4.20. The van der Waals surface area contributed by atoms with Gasteiger partial charge in [-0.3, -0.25) is 4.57 Å². The maximum Gasteiger partial charge on any atom is 0.351 e. The van der Waals surface area contributed by atoms with Crippen molar-refractivity contribution in [3.63, 3.8) is 0 Å². The molecular formula is C11H13N3O3. The first-order valence-electron chi connectivity index (χ1n) is 5.21. The molecule has 1 aromatic heterocycles. The third-order valence-corrected chi connectivity index (χ3v) is 2.84. The van der Waals surface area contributed by atoms with Gasteiger partial charge in [0.05, 0.1) is 6.61 Å². The molecule has 6 heteroatoms. The van der Waals surface area contributed by atoms with E-state index in [1.54, 1.807) is 0 Å². The van der Waals surface area contributed by atoms with E-state index in [0.29, 0.717) is 12.8 Å². The number of aliphatic hydroxyl groups excluding tert-OH is 1. The second-order valence-corrected chi connectivity index (χ2v) is 3.95. The lowest BCUT2D eigenvalue weighted by atomic mass is 10.0. The predicted octanol–water partition coefficient (Wildman–Crippen LogP) is -0.501. The maximum atomic E-state index is 11.6. The van der Waals surface area contributed by atoms with Crippen LogP contribution in [0.4, 0.5) is 5.82 Å². The van der Waals surface area contributed by atoms with E-state index >= 15 is 0 Å². The molecule has 1 unspecified atom stereocenters. The summed E-state index contributed by atoms with van der Waals surface area (Å²) < 4.78 is 6.87. The highest BCUT2D eigenvalue weighted by atomic mass is 16.5. The number of nitrogens with two attached hydrogens (primary N) is 1. The summed E-state index contributed by atoms with van der Waals surface area (Å²) in [6.45, 7) is -0.267. The summed E-state index contributed by atoms with van der Waals surface area (Å²) in [5.74, 6) is 2.59. The smallest absolute Gasteiger partial charge is 0.351 e. The van der Waals surface area contributed by atoms with Crippen LogP contribution in [0.25, 0.3) is 0 Å². The van der Waals surface area contributed by atoms with Crippen LogP contribution < -0.4 is 11.4 Å². The Morgan fingerprint density at radius 1 is 1.82 bits per heavy atom. The Bertz CT molecular complexity index is 519. The second-order valence-electron chi connectivity index (χ2n) is 3.95. The van der Waals surface area contributed by atoms with E-state index in [2.05, 4.69) is 10.9 Å². The first-order valence-corrected chi connectivity index (χ1v) is 5.21. The van der Waals surface area contributed by atoms with Crippen molar-refractivity contribution in [1.82, 2.24) is 9.55 Å². The standard InChI is InChI=1S/C11H13N3O3/c1-2-11(7-15)5-3-9(17-11)14-6-4-8(12)13-10(14)16/h1,4,6,9,15H,3,5,7H2,(H2,12,13,16)/t9?,11-/m0/s1. The zero-order chi connectivity index (χ0) is 12.5. The molecule has 2 atom stereocenters. The highest BCUT2D eigenvalue weighted by Gasteiger charge is 2.39. The molecule has 1 fully saturated rings. The van der Waals surface area contributed by atoms with Crippen molar-refractivity contribution in [3.8, 4) is 12.3 Å². The molecule has 0 saturated carbocycles. The van der Waals surface area contributed by atoms with Gasteiger partial charge in [-0.25, -0.2) is 4.79 Å². The Balaban J connectivity index is 2.27. The number of aliphatic hydroxyl groups is 1. The molecule has 0 aliphatic carbocycles. The van der Waals surface area contributed by atoms with Gasteiger partial charge in [0, 0.05) is 6.20 Å². The molecule has 0 radical (unpaired) electrons. The minimum Gasteiger partial charge on any atom is -0.392 e. The molecule has 3 N–H and O–H groups in total. The Hall–Kier alpha value is -1.84. The highest BCUT2D eigenvalue weighted by Crippen LogP contribution is 2.34. The van der Waals surface area contributed by atoms with Crippen LogP contribution in [-0.4, -0.2) is 26.9 Å². The van der Waals surface area contributed by atoms with Gasteiger partial charge in [-0.15, -0.1) is 6.42 Å². The average Bonchev–Trinajstić information content (AvgIpc) is 2.74. The molecule has 0 spiro atoms. The Labute approximate surface area is 98.0 Å². The highest BCUT2D eigenvalue weighted by molar-refractivity contribution is 5.23. The van der Waals surface area contributed by atoms with E-state index in [1.165, 1.54) is 16.8 Å². The zero-order valence-corrected chi connectivity index (χ0v) is 9.17. The molecule has 0 aromatic carbocycles. The van der Waals surface area contributed by atoms with Crippen molar-refractivity contribution < 1.29 is 9.84 Å². The quantitative estimate of drug-likeness (QED) is 0.674. The molecule has 2 heterocycles. The van der Waals surface area contributed by atoms with E-state index in [4.69, 9.17) is 16.9 Å². The maximum absolute atomic E-state index is 11.6. The van der Waals surface area contributed by atoms with Crippen LogP contribution in [0.15, 0.2) is 17.1 Å². The summed E-state index contributed by atoms with van der Waals surface area (Å²) in [4.78, 5) is 15.2. The van der Waals surface area contributed by atoms with Crippen LogP contribution in [-0.2, 0) is 4.74 Å². The lowest BCUT2D eigenvalue weighted by Gasteiger charge is -2.21. The SMILES string of the molecule is C#C[C@@]1(CO)CCC(n2ccc(N)nc2=O)O1. The van der Waals surface area contributed by atoms with Gasteiger partial charge >= 0.3 is 5.69 Å². The fourth-order valence-electron chi connectivity index (χ4n) is 1.84. The average molecular weight is 235 g/mol. The van der Waals surface area contributed by atoms with Gasteiger partial charge in [-0.2, -0.15) is 4.98 Å². The summed E-state index contributed by atoms with van der Waals surface area (Å²) in [5, 5.41) is 9.20. The van der Waals surface area contributed by atoms with Crippen molar-refractivity contribution in [3.05, 3.63) is 22.7 Å². The minimum atomic E-state index is -0.995. The largest absolute Gasteiger partial charge is 0.392 e. The summed E-state index contributed by atoms with van der Waals surface area (Å²) >= 11 is 0. The number of nitrogen functional groups attached to an aromatic ring is 1. The number of ether oxygens (including phenoxy) is 1. The van der Waals surface area contributed by atoms with Crippen LogP contribution in [0.1, 0.15) is 19.1 Å². The van der Waals surface area contributed by atoms with Crippen molar-refractivity contribution in [2.45, 2.75) is 24.7 Å². The molecule has 17 heavy (non-hydrogen) atoms. The topological polar surface area (TPSA) is 90.4 Å². The van der Waals surface area contributed by atoms with Gasteiger partial charge in [0.2, 0.25) is 0 Å². The molecule has 6 nitrogen and oxygen atoms in total. The van der Waals surface area contributed by atoms with E-state index in [0.717, 1.165) is 0 Å². The molecule has 0 amide bonds. The number of hydrogen-bond donors (Lipinski definition) is 2. The van der Waals surface area contributed by atoms with Crippen LogP contribution in [0.3, 0.4) is 0 Å². The lowest BCUT2D eigenvalue weighted by Crippen LogP contribution is -2.33. The monoisotopic (exact) mass is 235 g/mol. The molecular weight excluding hydrogens is 222 g/mol. The van der Waals surface area contributed by atoms with Crippen LogP contribution >= 0.6 is 0 Å². The number of hydrogen-bond acceptors (Lipinski definition) is 5. The first kappa shape index (κ1) is 11.6. The molecule has 1 aliphatic heterocycles. The molecule has 1 aromatic rings. The number of anilines is 1. The first-order chi connectivity index (χ1) is 8.10. The summed E-state index contributed by atoms with van der Waals surface area (Å²) in [6, 6.07) is 1.51. The normalized spacial score (nSPS) is 27.9. The van der Waals surface area contributed by atoms with E-state index < -0.39 is 17.5 Å². The van der Waals surface area contributed by atoms with Gasteiger partial charge in [-0.1, -0.05) is 5.92 Å². The predicted molar refractivity (Wildman–Crippen MR) is 60.9 cm³/mol. The van der Waals surface area contributed by atoms with Gasteiger partial charge in [0.25, 0.3) is 0 Å². The number of aromatic nitrogens is 2. The van der Waals surface area contributed by atoms with Crippen LogP contribution in [0.2, 0.25) is 0 Å². The molecule has 1 aliphatic rings. The molecule has 0 bridgehead atoms. The molecule has 90 valence electrons. The summed E-state index contributed by atoms with van der Waals surface area (Å²) in [6.07, 6.45) is 7.39. The number of terminal acetylenes is 1. The van der Waals surface area contributed by atoms with Gasteiger partial charge in [0.1, 0.15) is 12.0 Å². The lowest BCUT2D eigenvalue weighted by molar-refractivity contribution is -0.0648. The van der Waals surface area contributed by atoms with E-state index in [9.17, 15) is 9.90 Å². The number of nitrogens with zero attached hydrogens (tertiary/aromatic N) is 2. The van der Waals surface area contributed by atoms with Gasteiger partial charge < -0.3 is 15.6 Å². The minimum absolute atomic E-state index is 0.162. The van der Waals surface area contributed by atoms with Crippen molar-refractivity contribution in [1.29, 1.82) is 0 Å². The van der Waals surface area contributed by atoms with E-state index in [1.807, 2.05) is 0 Å². The fourth-order valence-corrected chi connectivity index (χ4v) is 1.84. The molecule has 2 rings (SSSR count). The summed E-state index contributed by atoms with van der Waals surface area (Å²) in [7, 11) is 0. The van der Waals surface area contributed by atoms with Crippen molar-refractivity contribution >= 4 is 5.82 Å². The zero-order valence-electron chi connectivity index (χ0n) is 9.17. The van der Waals surface area contributed by atoms with Gasteiger partial charge in [-0.05, 0) is 18.9 Å². The molecule has 1 saturated heterocycles. The Kier molecular flexibility index (Phi) is 2.88. The summed E-state index contributed by atoms with van der Waals surface area (Å²) in [5.41, 5.74) is 3.91. The fraction of sp³-hybridized carbons (Fsp3) is 0.455. The van der Waals surface area contributed by atoms with Crippen molar-refractivity contribution in [2.24, 2.45) is 0 Å². The Morgan fingerprint density at radius 3 is 3.12 bits per heavy atom.